The van der Waals surface area contributed by atoms with Gasteiger partial charge in [-0.15, -0.1) is 0 Å². The van der Waals surface area contributed by atoms with E-state index in [1.54, 1.807) is 0 Å². The Hall–Kier alpha value is -1.59. The first-order valence-electron chi connectivity index (χ1n) is 6.02. The second-order valence-corrected chi connectivity index (χ2v) is 4.29. The van der Waals surface area contributed by atoms with Crippen LogP contribution in [0.2, 0.25) is 0 Å². The van der Waals surface area contributed by atoms with Crippen molar-refractivity contribution < 1.29 is 14.3 Å². The van der Waals surface area contributed by atoms with E-state index in [1.807, 2.05) is 31.2 Å². The molecule has 0 bridgehead atoms. The molecule has 0 spiro atoms. The van der Waals surface area contributed by atoms with Crippen LogP contribution in [-0.4, -0.2) is 31.8 Å². The highest BCUT2D eigenvalue weighted by molar-refractivity contribution is 5.81. The number of carbonyl (C=O) groups is 1. The van der Waals surface area contributed by atoms with Gasteiger partial charge in [-0.25, -0.2) is 0 Å². The lowest BCUT2D eigenvalue weighted by Crippen LogP contribution is -2.43. The normalized spacial score (nSPS) is 21.3. The lowest BCUT2D eigenvalue weighted by Gasteiger charge is -2.24. The second kappa shape index (κ2) is 5.84. The molecule has 5 nitrogen and oxygen atoms in total. The average molecular weight is 250 g/mol. The number of hydrogen-bond acceptors (Lipinski definition) is 4. The summed E-state index contributed by atoms with van der Waals surface area (Å²) < 4.78 is 10.5. The number of anilines is 1. The van der Waals surface area contributed by atoms with Gasteiger partial charge in [-0.3, -0.25) is 4.79 Å². The second-order valence-electron chi connectivity index (χ2n) is 4.29. The van der Waals surface area contributed by atoms with Gasteiger partial charge in [0.2, 0.25) is 0 Å². The van der Waals surface area contributed by atoms with Crippen molar-refractivity contribution in [3.63, 3.8) is 0 Å². The van der Waals surface area contributed by atoms with Crippen LogP contribution < -0.4 is 11.1 Å². The Labute approximate surface area is 106 Å². The Bertz CT molecular complexity index is 416. The van der Waals surface area contributed by atoms with E-state index in [2.05, 4.69) is 5.32 Å². The predicted octanol–water partition coefficient (Wildman–Crippen LogP) is 0.861. The molecule has 1 aliphatic rings. The van der Waals surface area contributed by atoms with E-state index >= 15 is 0 Å². The predicted molar refractivity (Wildman–Crippen MR) is 68.0 cm³/mol. The molecule has 2 unspecified atom stereocenters. The summed E-state index contributed by atoms with van der Waals surface area (Å²) >= 11 is 0. The van der Waals surface area contributed by atoms with Crippen LogP contribution in [0.3, 0.4) is 0 Å². The van der Waals surface area contributed by atoms with Crippen molar-refractivity contribution in [3.8, 4) is 0 Å². The standard InChI is InChI=1S/C13H18N2O3/c1-9(10-4-2-3-5-11(10)14)15-13(16)12-8-17-6-7-18-12/h2-5,9,12H,6-8,14H2,1H3,(H,15,16). The minimum absolute atomic E-state index is 0.149. The molecule has 0 saturated carbocycles. The first-order chi connectivity index (χ1) is 8.68. The molecule has 0 aliphatic carbocycles. The van der Waals surface area contributed by atoms with E-state index in [9.17, 15) is 4.79 Å². The van der Waals surface area contributed by atoms with Crippen LogP contribution >= 0.6 is 0 Å². The van der Waals surface area contributed by atoms with Crippen molar-refractivity contribution in [3.05, 3.63) is 29.8 Å². The fourth-order valence-electron chi connectivity index (χ4n) is 1.93. The highest BCUT2D eigenvalue weighted by Crippen LogP contribution is 2.19. The lowest BCUT2D eigenvalue weighted by atomic mass is 10.1. The van der Waals surface area contributed by atoms with Gasteiger partial charge in [0, 0.05) is 5.69 Å². The number of benzene rings is 1. The van der Waals surface area contributed by atoms with Crippen LogP contribution in [0.1, 0.15) is 18.5 Å². The zero-order valence-corrected chi connectivity index (χ0v) is 10.4. The van der Waals surface area contributed by atoms with Crippen LogP contribution in [0.25, 0.3) is 0 Å². The number of para-hydroxylation sites is 1. The number of amides is 1. The summed E-state index contributed by atoms with van der Waals surface area (Å²) in [5, 5.41) is 2.88. The van der Waals surface area contributed by atoms with E-state index in [0.717, 1.165) is 5.56 Å². The van der Waals surface area contributed by atoms with Gasteiger partial charge in [-0.1, -0.05) is 18.2 Å². The summed E-state index contributed by atoms with van der Waals surface area (Å²) in [5.74, 6) is -0.162. The molecule has 98 valence electrons. The topological polar surface area (TPSA) is 73.6 Å². The summed E-state index contributed by atoms with van der Waals surface area (Å²) in [6.45, 7) is 3.21. The molecule has 1 heterocycles. The van der Waals surface area contributed by atoms with Gasteiger partial charge >= 0.3 is 0 Å². The largest absolute Gasteiger partial charge is 0.398 e. The molecule has 1 aliphatic heterocycles. The number of carbonyl (C=O) groups excluding carboxylic acids is 1. The number of nitrogens with two attached hydrogens (primary N) is 1. The minimum Gasteiger partial charge on any atom is -0.398 e. The third-order valence-corrected chi connectivity index (χ3v) is 2.93. The zero-order valence-electron chi connectivity index (χ0n) is 10.4. The first kappa shape index (κ1) is 12.9. The molecule has 1 aromatic carbocycles. The summed E-state index contributed by atoms with van der Waals surface area (Å²) in [6, 6.07) is 7.33. The quantitative estimate of drug-likeness (QED) is 0.780. The molecule has 1 aromatic rings. The summed E-state index contributed by atoms with van der Waals surface area (Å²) in [6.07, 6.45) is -0.522. The highest BCUT2D eigenvalue weighted by Gasteiger charge is 2.24. The van der Waals surface area contributed by atoms with Crippen molar-refractivity contribution >= 4 is 11.6 Å². The fourth-order valence-corrected chi connectivity index (χ4v) is 1.93. The fraction of sp³-hybridized carbons (Fsp3) is 0.462. The molecule has 2 atom stereocenters. The van der Waals surface area contributed by atoms with Crippen molar-refractivity contribution in [2.24, 2.45) is 0 Å². The molecule has 1 saturated heterocycles. The van der Waals surface area contributed by atoms with E-state index in [0.29, 0.717) is 25.5 Å². The van der Waals surface area contributed by atoms with E-state index in [1.165, 1.54) is 0 Å². The van der Waals surface area contributed by atoms with Gasteiger partial charge in [-0.05, 0) is 18.6 Å². The number of nitrogen functional groups attached to an aromatic ring is 1. The third kappa shape index (κ3) is 3.00. The SMILES string of the molecule is CC(NC(=O)C1COCCO1)c1ccccc1N. The van der Waals surface area contributed by atoms with E-state index in [-0.39, 0.29) is 11.9 Å². The lowest BCUT2D eigenvalue weighted by molar-refractivity contribution is -0.148. The van der Waals surface area contributed by atoms with Crippen LogP contribution in [0, 0.1) is 0 Å². The van der Waals surface area contributed by atoms with Gasteiger partial charge in [-0.2, -0.15) is 0 Å². The van der Waals surface area contributed by atoms with Crippen molar-refractivity contribution in [2.75, 3.05) is 25.6 Å². The highest BCUT2D eigenvalue weighted by atomic mass is 16.6. The zero-order chi connectivity index (χ0) is 13.0. The van der Waals surface area contributed by atoms with E-state index < -0.39 is 6.10 Å². The van der Waals surface area contributed by atoms with Gasteiger partial charge < -0.3 is 20.5 Å². The Kier molecular flexibility index (Phi) is 4.17. The van der Waals surface area contributed by atoms with E-state index in [4.69, 9.17) is 15.2 Å². The van der Waals surface area contributed by atoms with Crippen LogP contribution in [0.5, 0.6) is 0 Å². The van der Waals surface area contributed by atoms with Gasteiger partial charge in [0.05, 0.1) is 25.9 Å². The third-order valence-electron chi connectivity index (χ3n) is 2.93. The number of ether oxygens (including phenoxy) is 2. The Morgan fingerprint density at radius 2 is 2.22 bits per heavy atom. The smallest absolute Gasteiger partial charge is 0.252 e. The molecular formula is C13H18N2O3. The molecule has 2 rings (SSSR count). The number of rotatable bonds is 3. The molecule has 0 radical (unpaired) electrons. The van der Waals surface area contributed by atoms with Crippen LogP contribution in [-0.2, 0) is 14.3 Å². The average Bonchev–Trinajstić information content (AvgIpc) is 2.40. The van der Waals surface area contributed by atoms with Crippen molar-refractivity contribution in [2.45, 2.75) is 19.1 Å². The molecule has 1 fully saturated rings. The Balaban J connectivity index is 1.96. The molecule has 5 heteroatoms. The van der Waals surface area contributed by atoms with Crippen molar-refractivity contribution in [1.82, 2.24) is 5.32 Å². The number of hydrogen-bond donors (Lipinski definition) is 2. The van der Waals surface area contributed by atoms with Crippen LogP contribution in [0.4, 0.5) is 5.69 Å². The molecular weight excluding hydrogens is 232 g/mol. The summed E-state index contributed by atoms with van der Waals surface area (Å²) in [7, 11) is 0. The molecule has 18 heavy (non-hydrogen) atoms. The van der Waals surface area contributed by atoms with Crippen molar-refractivity contribution in [1.29, 1.82) is 0 Å². The summed E-state index contributed by atoms with van der Waals surface area (Å²) in [4.78, 5) is 11.9. The van der Waals surface area contributed by atoms with Crippen LogP contribution in [0.15, 0.2) is 24.3 Å². The summed E-state index contributed by atoms with van der Waals surface area (Å²) in [5.41, 5.74) is 7.45. The minimum atomic E-state index is -0.522. The maximum absolute atomic E-state index is 11.9. The number of nitrogens with one attached hydrogen (secondary N) is 1. The molecule has 3 N–H and O–H groups in total. The maximum Gasteiger partial charge on any atom is 0.252 e. The Morgan fingerprint density at radius 1 is 1.44 bits per heavy atom. The maximum atomic E-state index is 11.9. The monoisotopic (exact) mass is 250 g/mol. The van der Waals surface area contributed by atoms with Gasteiger partial charge in [0.15, 0.2) is 6.10 Å². The first-order valence-corrected chi connectivity index (χ1v) is 6.02. The molecule has 1 amide bonds. The van der Waals surface area contributed by atoms with Gasteiger partial charge in [0.25, 0.3) is 5.91 Å². The Morgan fingerprint density at radius 3 is 2.89 bits per heavy atom. The van der Waals surface area contributed by atoms with Gasteiger partial charge in [0.1, 0.15) is 0 Å². The molecule has 0 aromatic heterocycles.